The Morgan fingerprint density at radius 2 is 2.04 bits per heavy atom. The quantitative estimate of drug-likeness (QED) is 0.712. The number of aryl methyl sites for hydroxylation is 1. The van der Waals surface area contributed by atoms with Crippen molar-refractivity contribution in [2.24, 2.45) is 5.73 Å². The number of halogens is 2. The van der Waals surface area contributed by atoms with Gasteiger partial charge in [0.2, 0.25) is 0 Å². The fourth-order valence-electron chi connectivity index (χ4n) is 2.91. The lowest BCUT2D eigenvalue weighted by Gasteiger charge is -2.16. The lowest BCUT2D eigenvalue weighted by atomic mass is 10.0. The summed E-state index contributed by atoms with van der Waals surface area (Å²) >= 11 is 6.09. The minimum absolute atomic E-state index is 0.221. The minimum atomic E-state index is -0.480. The maximum Gasteiger partial charge on any atom is 0.256 e. The molecule has 136 valence electrons. The predicted octanol–water partition coefficient (Wildman–Crippen LogP) is 3.64. The van der Waals surface area contributed by atoms with Gasteiger partial charge in [-0.15, -0.1) is 0 Å². The van der Waals surface area contributed by atoms with E-state index in [-0.39, 0.29) is 12.0 Å². The predicted molar refractivity (Wildman–Crippen MR) is 101 cm³/mol. The van der Waals surface area contributed by atoms with Crippen LogP contribution in [0.3, 0.4) is 0 Å². The van der Waals surface area contributed by atoms with Crippen molar-refractivity contribution < 1.29 is 13.9 Å². The molecule has 0 amide bonds. The van der Waals surface area contributed by atoms with Gasteiger partial charge in [-0.3, -0.25) is 4.79 Å². The number of hydrogen-bond acceptors (Lipinski definition) is 4. The summed E-state index contributed by atoms with van der Waals surface area (Å²) in [6.45, 7) is 2.27. The first-order valence-electron chi connectivity index (χ1n) is 7.99. The van der Waals surface area contributed by atoms with Crippen LogP contribution >= 0.6 is 11.6 Å². The summed E-state index contributed by atoms with van der Waals surface area (Å²) in [5.41, 5.74) is 6.87. The Morgan fingerprint density at radius 1 is 1.27 bits per heavy atom. The lowest BCUT2D eigenvalue weighted by molar-refractivity contribution is 0.332. The van der Waals surface area contributed by atoms with Crippen molar-refractivity contribution in [1.29, 1.82) is 0 Å². The first kappa shape index (κ1) is 18.2. The zero-order chi connectivity index (χ0) is 18.8. The molecular weight excluding hydrogens is 359 g/mol. The van der Waals surface area contributed by atoms with Gasteiger partial charge in [-0.2, -0.15) is 0 Å². The molecular formula is C19H18ClFN2O3. The molecule has 0 aliphatic carbocycles. The third kappa shape index (κ3) is 3.25. The smallest absolute Gasteiger partial charge is 0.256 e. The molecule has 0 bridgehead atoms. The van der Waals surface area contributed by atoms with E-state index in [4.69, 9.17) is 26.8 Å². The van der Waals surface area contributed by atoms with E-state index in [2.05, 4.69) is 4.98 Å². The van der Waals surface area contributed by atoms with Gasteiger partial charge in [-0.05, 0) is 36.8 Å². The highest BCUT2D eigenvalue weighted by molar-refractivity contribution is 6.32. The average molecular weight is 377 g/mol. The zero-order valence-electron chi connectivity index (χ0n) is 14.4. The van der Waals surface area contributed by atoms with Crippen LogP contribution in [0.25, 0.3) is 22.0 Å². The van der Waals surface area contributed by atoms with Gasteiger partial charge in [0.1, 0.15) is 18.2 Å². The monoisotopic (exact) mass is 376 g/mol. The molecule has 0 atom stereocenters. The summed E-state index contributed by atoms with van der Waals surface area (Å²) < 4.78 is 24.9. The number of nitrogens with two attached hydrogens (primary N) is 1. The number of hydrogen-bond donors (Lipinski definition) is 2. The van der Waals surface area contributed by atoms with Gasteiger partial charge in [0.25, 0.3) is 5.56 Å². The van der Waals surface area contributed by atoms with Crippen molar-refractivity contribution >= 4 is 22.4 Å². The van der Waals surface area contributed by atoms with Crippen LogP contribution in [0.15, 0.2) is 35.1 Å². The van der Waals surface area contributed by atoms with Gasteiger partial charge in [0, 0.05) is 17.5 Å². The maximum atomic E-state index is 13.8. The number of aromatic nitrogens is 1. The molecule has 7 heteroatoms. The van der Waals surface area contributed by atoms with Crippen LogP contribution in [0.5, 0.6) is 11.5 Å². The van der Waals surface area contributed by atoms with Crippen molar-refractivity contribution in [3.8, 4) is 22.8 Å². The van der Waals surface area contributed by atoms with Gasteiger partial charge in [-0.1, -0.05) is 17.7 Å². The van der Waals surface area contributed by atoms with E-state index >= 15 is 0 Å². The summed E-state index contributed by atoms with van der Waals surface area (Å²) in [5.74, 6) is 0.420. The Balaban J connectivity index is 2.36. The standard InChI is InChI=1S/C19H18ClFN2O3/c1-10-7-12(21)9-13-16(10)18(26-6-5-22)17(23-19(13)24)11-3-4-14(20)15(8-11)25-2/h3-4,7-9H,5-6,22H2,1-2H3,(H,23,24). The van der Waals surface area contributed by atoms with Gasteiger partial charge in [0.05, 0.1) is 23.2 Å². The normalized spacial score (nSPS) is 11.0. The molecule has 3 rings (SSSR count). The van der Waals surface area contributed by atoms with Crippen LogP contribution in [-0.4, -0.2) is 25.2 Å². The molecule has 1 heterocycles. The Kier molecular flexibility index (Phi) is 5.15. The largest absolute Gasteiger partial charge is 0.495 e. The number of methoxy groups -OCH3 is 1. The second-order valence-electron chi connectivity index (χ2n) is 5.79. The second-order valence-corrected chi connectivity index (χ2v) is 6.20. The highest BCUT2D eigenvalue weighted by Gasteiger charge is 2.18. The maximum absolute atomic E-state index is 13.8. The third-order valence-corrected chi connectivity index (χ3v) is 4.35. The molecule has 0 radical (unpaired) electrons. The van der Waals surface area contributed by atoms with Crippen LogP contribution < -0.4 is 20.8 Å². The minimum Gasteiger partial charge on any atom is -0.495 e. The van der Waals surface area contributed by atoms with Gasteiger partial charge >= 0.3 is 0 Å². The number of pyridine rings is 1. The Bertz CT molecular complexity index is 1030. The zero-order valence-corrected chi connectivity index (χ0v) is 15.1. The molecule has 0 fully saturated rings. The molecule has 0 aliphatic heterocycles. The average Bonchev–Trinajstić information content (AvgIpc) is 2.61. The van der Waals surface area contributed by atoms with Gasteiger partial charge < -0.3 is 20.2 Å². The molecule has 3 N–H and O–H groups in total. The van der Waals surface area contributed by atoms with Crippen LogP contribution in [0, 0.1) is 12.7 Å². The van der Waals surface area contributed by atoms with Gasteiger partial charge in [0.15, 0.2) is 5.75 Å². The van der Waals surface area contributed by atoms with E-state index in [9.17, 15) is 9.18 Å². The molecule has 0 saturated carbocycles. The van der Waals surface area contributed by atoms with Crippen LogP contribution in [0.4, 0.5) is 4.39 Å². The lowest BCUT2D eigenvalue weighted by Crippen LogP contribution is -2.15. The molecule has 0 saturated heterocycles. The van der Waals surface area contributed by atoms with Gasteiger partial charge in [-0.25, -0.2) is 4.39 Å². The van der Waals surface area contributed by atoms with Crippen LogP contribution in [-0.2, 0) is 0 Å². The number of rotatable bonds is 5. The van der Waals surface area contributed by atoms with E-state index < -0.39 is 11.4 Å². The third-order valence-electron chi connectivity index (χ3n) is 4.04. The number of benzene rings is 2. The van der Waals surface area contributed by atoms with Crippen LogP contribution in [0.1, 0.15) is 5.56 Å². The number of nitrogens with one attached hydrogen (secondary N) is 1. The molecule has 0 unspecified atom stereocenters. The van der Waals surface area contributed by atoms with E-state index in [1.54, 1.807) is 25.1 Å². The van der Waals surface area contributed by atoms with E-state index in [1.807, 2.05) is 0 Å². The van der Waals surface area contributed by atoms with Crippen molar-refractivity contribution in [3.05, 3.63) is 57.1 Å². The first-order valence-corrected chi connectivity index (χ1v) is 8.37. The van der Waals surface area contributed by atoms with Crippen molar-refractivity contribution in [2.45, 2.75) is 6.92 Å². The summed E-state index contributed by atoms with van der Waals surface area (Å²) in [5, 5.41) is 1.22. The Morgan fingerprint density at radius 3 is 2.73 bits per heavy atom. The van der Waals surface area contributed by atoms with E-state index in [0.717, 1.165) is 0 Å². The fraction of sp³-hybridized carbons (Fsp3) is 0.211. The fourth-order valence-corrected chi connectivity index (χ4v) is 3.10. The summed E-state index contributed by atoms with van der Waals surface area (Å²) in [7, 11) is 1.51. The highest BCUT2D eigenvalue weighted by atomic mass is 35.5. The highest BCUT2D eigenvalue weighted by Crippen LogP contribution is 2.38. The second kappa shape index (κ2) is 7.35. The molecule has 3 aromatic rings. The SMILES string of the molecule is COc1cc(-c2[nH]c(=O)c3cc(F)cc(C)c3c2OCCN)ccc1Cl. The summed E-state index contributed by atoms with van der Waals surface area (Å²) in [6.07, 6.45) is 0. The van der Waals surface area contributed by atoms with Crippen molar-refractivity contribution in [2.75, 3.05) is 20.3 Å². The number of fused-ring (bicyclic) bond motifs is 1. The molecule has 1 aromatic heterocycles. The summed E-state index contributed by atoms with van der Waals surface area (Å²) in [4.78, 5) is 15.3. The van der Waals surface area contributed by atoms with Crippen molar-refractivity contribution in [1.82, 2.24) is 4.98 Å². The van der Waals surface area contributed by atoms with E-state index in [0.29, 0.717) is 45.3 Å². The first-order chi connectivity index (χ1) is 12.5. The topological polar surface area (TPSA) is 77.3 Å². The Hall–Kier alpha value is -2.57. The van der Waals surface area contributed by atoms with E-state index in [1.165, 1.54) is 19.2 Å². The molecule has 0 spiro atoms. The molecule has 2 aromatic carbocycles. The number of ether oxygens (including phenoxy) is 2. The molecule has 5 nitrogen and oxygen atoms in total. The summed E-state index contributed by atoms with van der Waals surface area (Å²) in [6, 6.07) is 7.68. The van der Waals surface area contributed by atoms with Crippen LogP contribution in [0.2, 0.25) is 5.02 Å². The number of H-pyrrole nitrogens is 1. The Labute approximate surface area is 154 Å². The van der Waals surface area contributed by atoms with Crippen molar-refractivity contribution in [3.63, 3.8) is 0 Å². The number of aromatic amines is 1. The molecule has 26 heavy (non-hydrogen) atoms. The molecule has 0 aliphatic rings.